The average Bonchev–Trinajstić information content (AvgIpc) is 2.95. The molecule has 4 N–H and O–H groups in total. The van der Waals surface area contributed by atoms with E-state index in [1.165, 1.54) is 11.1 Å². The van der Waals surface area contributed by atoms with Gasteiger partial charge in [0.05, 0.1) is 0 Å². The Morgan fingerprint density at radius 3 is 2.38 bits per heavy atom. The number of nitrogens with one attached hydrogen (secondary N) is 1. The summed E-state index contributed by atoms with van der Waals surface area (Å²) in [5, 5.41) is 15.5. The van der Waals surface area contributed by atoms with Crippen molar-refractivity contribution in [1.29, 1.82) is 0 Å². The Balaban J connectivity index is 1.67. The molecule has 2 aromatic carbocycles. The first kappa shape index (κ1) is 13.6. The zero-order valence-electron chi connectivity index (χ0n) is 11.8. The predicted octanol–water partition coefficient (Wildman–Crippen LogP) is 2.04. The highest BCUT2D eigenvalue weighted by Gasteiger charge is 2.20. The van der Waals surface area contributed by atoms with Crippen molar-refractivity contribution in [3.8, 4) is 0 Å². The number of oxime groups is 1. The minimum absolute atomic E-state index is 0.155. The fraction of sp³-hybridized carbons (Fsp3) is 0.235. The quantitative estimate of drug-likeness (QED) is 0.347. The zero-order valence-corrected chi connectivity index (χ0v) is 11.8. The molecule has 0 unspecified atom stereocenters. The molecule has 1 aliphatic rings. The average molecular weight is 281 g/mol. The van der Waals surface area contributed by atoms with Crippen molar-refractivity contribution in [3.05, 3.63) is 70.8 Å². The van der Waals surface area contributed by atoms with Gasteiger partial charge in [-0.15, -0.1) is 0 Å². The molecule has 108 valence electrons. The van der Waals surface area contributed by atoms with Crippen LogP contribution >= 0.6 is 0 Å². The van der Waals surface area contributed by atoms with E-state index in [9.17, 15) is 0 Å². The summed E-state index contributed by atoms with van der Waals surface area (Å²) in [6.45, 7) is 0.713. The van der Waals surface area contributed by atoms with Gasteiger partial charge in [-0.3, -0.25) is 0 Å². The molecule has 2 aromatic rings. The van der Waals surface area contributed by atoms with Crippen LogP contribution in [-0.2, 0) is 19.4 Å². The molecule has 0 aliphatic heterocycles. The van der Waals surface area contributed by atoms with Gasteiger partial charge in [0, 0.05) is 18.2 Å². The second-order valence-electron chi connectivity index (χ2n) is 5.40. The second kappa shape index (κ2) is 5.97. The Morgan fingerprint density at radius 1 is 1.10 bits per heavy atom. The van der Waals surface area contributed by atoms with Crippen molar-refractivity contribution >= 4 is 5.84 Å². The third kappa shape index (κ3) is 2.90. The molecular weight excluding hydrogens is 262 g/mol. The van der Waals surface area contributed by atoms with Gasteiger partial charge in [0.1, 0.15) is 0 Å². The minimum atomic E-state index is 0.155. The molecule has 4 heteroatoms. The molecule has 0 spiro atoms. The Kier molecular flexibility index (Phi) is 3.88. The van der Waals surface area contributed by atoms with Gasteiger partial charge in [0.15, 0.2) is 5.84 Å². The molecule has 3 rings (SSSR count). The first-order valence-electron chi connectivity index (χ1n) is 7.14. The van der Waals surface area contributed by atoms with Crippen molar-refractivity contribution in [2.24, 2.45) is 10.9 Å². The van der Waals surface area contributed by atoms with Crippen molar-refractivity contribution in [1.82, 2.24) is 5.32 Å². The maximum absolute atomic E-state index is 8.85. The predicted molar refractivity (Wildman–Crippen MR) is 83.4 cm³/mol. The number of amidine groups is 1. The highest BCUT2D eigenvalue weighted by molar-refractivity contribution is 5.98. The molecule has 0 heterocycles. The van der Waals surface area contributed by atoms with E-state index in [0.29, 0.717) is 12.6 Å². The van der Waals surface area contributed by atoms with E-state index < -0.39 is 0 Å². The van der Waals surface area contributed by atoms with Crippen LogP contribution in [0, 0.1) is 0 Å². The Morgan fingerprint density at radius 2 is 1.71 bits per heavy atom. The molecule has 0 radical (unpaired) electrons. The number of benzene rings is 2. The third-order valence-electron chi connectivity index (χ3n) is 4.03. The summed E-state index contributed by atoms with van der Waals surface area (Å²) in [6.07, 6.45) is 2.11. The van der Waals surface area contributed by atoms with E-state index in [0.717, 1.165) is 24.0 Å². The molecule has 0 bridgehead atoms. The standard InChI is InChI=1S/C17H19N3O/c18-17(20-21)16-8-4-3-7-14(16)11-19-15-9-12-5-1-2-6-13(12)10-15/h1-8,15,19,21H,9-11H2,(H2,18,20). The number of nitrogens with zero attached hydrogens (tertiary/aromatic N) is 1. The van der Waals surface area contributed by atoms with Gasteiger partial charge in [0.2, 0.25) is 0 Å². The summed E-state index contributed by atoms with van der Waals surface area (Å²) in [6, 6.07) is 16.8. The summed E-state index contributed by atoms with van der Waals surface area (Å²) in [5.41, 5.74) is 10.4. The number of nitrogens with two attached hydrogens (primary N) is 1. The van der Waals surface area contributed by atoms with Gasteiger partial charge in [0.25, 0.3) is 0 Å². The van der Waals surface area contributed by atoms with E-state index in [2.05, 4.69) is 34.7 Å². The van der Waals surface area contributed by atoms with Crippen LogP contribution in [0.15, 0.2) is 53.7 Å². The van der Waals surface area contributed by atoms with Crippen molar-refractivity contribution in [2.75, 3.05) is 0 Å². The monoisotopic (exact) mass is 281 g/mol. The lowest BCUT2D eigenvalue weighted by Gasteiger charge is -2.14. The largest absolute Gasteiger partial charge is 0.409 e. The Labute approximate surface area is 124 Å². The first-order valence-corrected chi connectivity index (χ1v) is 7.14. The van der Waals surface area contributed by atoms with Gasteiger partial charge >= 0.3 is 0 Å². The second-order valence-corrected chi connectivity index (χ2v) is 5.40. The van der Waals surface area contributed by atoms with Gasteiger partial charge in [-0.25, -0.2) is 0 Å². The zero-order chi connectivity index (χ0) is 14.7. The molecule has 0 fully saturated rings. The van der Waals surface area contributed by atoms with Crippen molar-refractivity contribution < 1.29 is 5.21 Å². The van der Waals surface area contributed by atoms with E-state index in [-0.39, 0.29) is 5.84 Å². The SMILES string of the molecule is N/C(=N/O)c1ccccc1CNC1Cc2ccccc2C1. The number of fused-ring (bicyclic) bond motifs is 1. The fourth-order valence-corrected chi connectivity index (χ4v) is 2.94. The van der Waals surface area contributed by atoms with Crippen molar-refractivity contribution in [3.63, 3.8) is 0 Å². The molecule has 1 aliphatic carbocycles. The highest BCUT2D eigenvalue weighted by atomic mass is 16.4. The molecule has 0 saturated heterocycles. The van der Waals surface area contributed by atoms with E-state index in [4.69, 9.17) is 10.9 Å². The Bertz CT molecular complexity index is 642. The van der Waals surface area contributed by atoms with Crippen LogP contribution in [0.4, 0.5) is 0 Å². The van der Waals surface area contributed by atoms with Crippen LogP contribution in [0.2, 0.25) is 0 Å². The molecule has 0 aromatic heterocycles. The summed E-state index contributed by atoms with van der Waals surface area (Å²) in [4.78, 5) is 0. The smallest absolute Gasteiger partial charge is 0.170 e. The molecule has 0 atom stereocenters. The van der Waals surface area contributed by atoms with Gasteiger partial charge < -0.3 is 16.3 Å². The molecular formula is C17H19N3O. The molecule has 4 nitrogen and oxygen atoms in total. The minimum Gasteiger partial charge on any atom is -0.409 e. The summed E-state index contributed by atoms with van der Waals surface area (Å²) in [7, 11) is 0. The normalized spacial score (nSPS) is 15.1. The van der Waals surface area contributed by atoms with Crippen LogP contribution in [0.1, 0.15) is 22.3 Å². The molecule has 0 amide bonds. The lowest BCUT2D eigenvalue weighted by Crippen LogP contribution is -2.30. The Hall–Kier alpha value is -2.33. The number of hydrogen-bond acceptors (Lipinski definition) is 3. The molecule has 21 heavy (non-hydrogen) atoms. The van der Waals surface area contributed by atoms with E-state index in [1.807, 2.05) is 24.3 Å². The maximum atomic E-state index is 8.85. The van der Waals surface area contributed by atoms with Gasteiger partial charge in [-0.05, 0) is 29.5 Å². The lowest BCUT2D eigenvalue weighted by atomic mass is 10.1. The third-order valence-corrected chi connectivity index (χ3v) is 4.03. The number of hydrogen-bond donors (Lipinski definition) is 3. The van der Waals surface area contributed by atoms with E-state index >= 15 is 0 Å². The van der Waals surface area contributed by atoms with Crippen LogP contribution in [-0.4, -0.2) is 17.1 Å². The lowest BCUT2D eigenvalue weighted by molar-refractivity contribution is 0.318. The van der Waals surface area contributed by atoms with Crippen LogP contribution < -0.4 is 11.1 Å². The fourth-order valence-electron chi connectivity index (χ4n) is 2.94. The van der Waals surface area contributed by atoms with Gasteiger partial charge in [-0.2, -0.15) is 0 Å². The van der Waals surface area contributed by atoms with Crippen LogP contribution in [0.25, 0.3) is 0 Å². The molecule has 0 saturated carbocycles. The van der Waals surface area contributed by atoms with Crippen LogP contribution in [0.3, 0.4) is 0 Å². The first-order chi connectivity index (χ1) is 10.3. The summed E-state index contributed by atoms with van der Waals surface area (Å²) >= 11 is 0. The maximum Gasteiger partial charge on any atom is 0.170 e. The highest BCUT2D eigenvalue weighted by Crippen LogP contribution is 2.22. The van der Waals surface area contributed by atoms with Crippen molar-refractivity contribution in [2.45, 2.75) is 25.4 Å². The van der Waals surface area contributed by atoms with Gasteiger partial charge in [-0.1, -0.05) is 53.7 Å². The van der Waals surface area contributed by atoms with Crippen LogP contribution in [0.5, 0.6) is 0 Å². The topological polar surface area (TPSA) is 70.6 Å². The van der Waals surface area contributed by atoms with E-state index in [1.54, 1.807) is 0 Å². The summed E-state index contributed by atoms with van der Waals surface area (Å²) < 4.78 is 0. The summed E-state index contributed by atoms with van der Waals surface area (Å²) in [5.74, 6) is 0.155. The number of rotatable bonds is 4.